The summed E-state index contributed by atoms with van der Waals surface area (Å²) < 4.78 is 9.76. The van der Waals surface area contributed by atoms with Crippen LogP contribution in [0.3, 0.4) is 0 Å². The Morgan fingerprint density at radius 3 is 1.87 bits per heavy atom. The van der Waals surface area contributed by atoms with E-state index in [0.717, 1.165) is 0 Å². The highest BCUT2D eigenvalue weighted by atomic mass is 16.6. The van der Waals surface area contributed by atoms with Gasteiger partial charge in [0, 0.05) is 0 Å². The highest BCUT2D eigenvalue weighted by Gasteiger charge is 2.27. The number of ether oxygens (including phenoxy) is 2. The van der Waals surface area contributed by atoms with Gasteiger partial charge in [0.05, 0.1) is 19.1 Å². The Morgan fingerprint density at radius 2 is 1.48 bits per heavy atom. The van der Waals surface area contributed by atoms with Crippen molar-refractivity contribution in [3.05, 3.63) is 12.2 Å². The first kappa shape index (κ1) is 26.4. The zero-order valence-electron chi connectivity index (χ0n) is 16.6. The first-order valence-corrected chi connectivity index (χ1v) is 8.57. The summed E-state index contributed by atoms with van der Waals surface area (Å²) in [6, 6.07) is -0.172. The molecular formula is C18H37NO4. The molecule has 0 aromatic rings. The predicted molar refractivity (Wildman–Crippen MR) is 96.5 cm³/mol. The van der Waals surface area contributed by atoms with Crippen LogP contribution < -0.4 is 5.32 Å². The van der Waals surface area contributed by atoms with E-state index in [2.05, 4.69) is 10.1 Å². The minimum absolute atomic E-state index is 0.172. The van der Waals surface area contributed by atoms with Crippen LogP contribution in [0.15, 0.2) is 12.2 Å². The predicted octanol–water partition coefficient (Wildman–Crippen LogP) is 4.71. The number of amides is 1. The average molecular weight is 331 g/mol. The maximum Gasteiger partial charge on any atom is 0.408 e. The van der Waals surface area contributed by atoms with Gasteiger partial charge >= 0.3 is 12.1 Å². The number of hydrogen-bond acceptors (Lipinski definition) is 4. The fraction of sp³-hybridized carbons (Fsp3) is 0.778. The van der Waals surface area contributed by atoms with E-state index in [-0.39, 0.29) is 17.9 Å². The van der Waals surface area contributed by atoms with Gasteiger partial charge in [-0.05, 0) is 27.2 Å². The van der Waals surface area contributed by atoms with Crippen molar-refractivity contribution in [3.8, 4) is 0 Å². The van der Waals surface area contributed by atoms with Crippen molar-refractivity contribution in [2.75, 3.05) is 7.11 Å². The van der Waals surface area contributed by atoms with Gasteiger partial charge in [0.2, 0.25) is 0 Å². The average Bonchev–Trinajstić information content (AvgIpc) is 2.99. The lowest BCUT2D eigenvalue weighted by Gasteiger charge is -2.21. The molecule has 23 heavy (non-hydrogen) atoms. The van der Waals surface area contributed by atoms with Crippen molar-refractivity contribution in [1.82, 2.24) is 5.32 Å². The largest absolute Gasteiger partial charge is 0.469 e. The molecule has 0 aliphatic heterocycles. The number of carbonyl (C=O) groups is 2. The molecule has 0 aromatic carbocycles. The molecule has 0 saturated carbocycles. The normalized spacial score (nSPS) is 18.0. The number of nitrogens with one attached hydrogen (secondary N) is 1. The van der Waals surface area contributed by atoms with Gasteiger partial charge in [0.25, 0.3) is 0 Å². The lowest BCUT2D eigenvalue weighted by Crippen LogP contribution is -2.38. The van der Waals surface area contributed by atoms with Crippen molar-refractivity contribution in [2.45, 2.75) is 80.4 Å². The van der Waals surface area contributed by atoms with E-state index in [1.165, 1.54) is 7.11 Å². The summed E-state index contributed by atoms with van der Waals surface area (Å²) >= 11 is 0. The fourth-order valence-corrected chi connectivity index (χ4v) is 1.59. The van der Waals surface area contributed by atoms with Gasteiger partial charge < -0.3 is 14.8 Å². The smallest absolute Gasteiger partial charge is 0.408 e. The summed E-state index contributed by atoms with van der Waals surface area (Å²) in [5, 5.41) is 2.69. The van der Waals surface area contributed by atoms with Crippen molar-refractivity contribution < 1.29 is 19.1 Å². The molecular weight excluding hydrogens is 294 g/mol. The number of alkyl carbamates (subject to hydrolysis) is 1. The standard InChI is InChI=1S/C12H19NO4.3C2H6/c1-12(2,3)17-11(15)13-9-6-5-8(7-9)10(14)16-4;3*1-2/h5-6,8-9H,7H2,1-4H3,(H,13,15);3*1-2H3/t8-,9+;;;/m1.../s1. The molecule has 1 N–H and O–H groups in total. The van der Waals surface area contributed by atoms with E-state index in [9.17, 15) is 9.59 Å². The SMILES string of the molecule is CC.CC.CC.COC(=O)[C@@H]1C=C[C@H](NC(=O)OC(C)(C)C)C1. The number of methoxy groups -OCH3 is 1. The van der Waals surface area contributed by atoms with Gasteiger partial charge in [-0.3, -0.25) is 4.79 Å². The minimum atomic E-state index is -0.520. The lowest BCUT2D eigenvalue weighted by molar-refractivity contribution is -0.143. The van der Waals surface area contributed by atoms with Gasteiger partial charge in [-0.2, -0.15) is 0 Å². The highest BCUT2D eigenvalue weighted by Crippen LogP contribution is 2.19. The van der Waals surface area contributed by atoms with E-state index in [4.69, 9.17) is 4.74 Å². The molecule has 0 saturated heterocycles. The highest BCUT2D eigenvalue weighted by molar-refractivity contribution is 5.75. The quantitative estimate of drug-likeness (QED) is 0.588. The second-order valence-electron chi connectivity index (χ2n) is 5.00. The summed E-state index contributed by atoms with van der Waals surface area (Å²) in [7, 11) is 1.35. The first-order chi connectivity index (χ1) is 10.8. The number of hydrogen-bond donors (Lipinski definition) is 1. The van der Waals surface area contributed by atoms with Crippen molar-refractivity contribution in [2.24, 2.45) is 5.92 Å². The van der Waals surface area contributed by atoms with Crippen LogP contribution >= 0.6 is 0 Å². The summed E-state index contributed by atoms with van der Waals surface area (Å²) in [5.74, 6) is -0.560. The van der Waals surface area contributed by atoms with E-state index in [1.807, 2.05) is 41.5 Å². The Hall–Kier alpha value is -1.52. The van der Waals surface area contributed by atoms with Crippen LogP contribution in [0, 0.1) is 5.92 Å². The molecule has 5 heteroatoms. The number of carbonyl (C=O) groups excluding carboxylic acids is 2. The van der Waals surface area contributed by atoms with Crippen LogP contribution in [0.4, 0.5) is 4.79 Å². The fourth-order valence-electron chi connectivity index (χ4n) is 1.59. The monoisotopic (exact) mass is 331 g/mol. The maximum absolute atomic E-state index is 11.5. The molecule has 0 aromatic heterocycles. The molecule has 0 spiro atoms. The Morgan fingerprint density at radius 1 is 1.00 bits per heavy atom. The molecule has 0 heterocycles. The molecule has 5 nitrogen and oxygen atoms in total. The summed E-state index contributed by atoms with van der Waals surface area (Å²) in [6.07, 6.45) is 3.57. The second kappa shape index (κ2) is 15.4. The number of rotatable bonds is 2. The lowest BCUT2D eigenvalue weighted by atomic mass is 10.1. The second-order valence-corrected chi connectivity index (χ2v) is 5.00. The van der Waals surface area contributed by atoms with Crippen LogP contribution in [-0.2, 0) is 14.3 Å². The van der Waals surface area contributed by atoms with Crippen LogP contribution in [0.1, 0.15) is 68.7 Å². The van der Waals surface area contributed by atoms with Crippen LogP contribution in [0.5, 0.6) is 0 Å². The summed E-state index contributed by atoms with van der Waals surface area (Å²) in [4.78, 5) is 22.7. The molecule has 138 valence electrons. The van der Waals surface area contributed by atoms with E-state index < -0.39 is 11.7 Å². The molecule has 0 unspecified atom stereocenters. The van der Waals surface area contributed by atoms with Crippen LogP contribution in [-0.4, -0.2) is 30.8 Å². The van der Waals surface area contributed by atoms with Gasteiger partial charge in [0.1, 0.15) is 5.60 Å². The zero-order chi connectivity index (χ0) is 19.1. The van der Waals surface area contributed by atoms with Gasteiger partial charge in [-0.15, -0.1) is 0 Å². The van der Waals surface area contributed by atoms with Crippen molar-refractivity contribution in [1.29, 1.82) is 0 Å². The van der Waals surface area contributed by atoms with Gasteiger partial charge in [-0.1, -0.05) is 53.7 Å². The third-order valence-corrected chi connectivity index (χ3v) is 2.29. The molecule has 2 atom stereocenters. The topological polar surface area (TPSA) is 64.6 Å². The van der Waals surface area contributed by atoms with Crippen molar-refractivity contribution >= 4 is 12.1 Å². The van der Waals surface area contributed by atoms with E-state index >= 15 is 0 Å². The van der Waals surface area contributed by atoms with Gasteiger partial charge in [0.15, 0.2) is 0 Å². The van der Waals surface area contributed by atoms with Crippen LogP contribution in [0.25, 0.3) is 0 Å². The van der Waals surface area contributed by atoms with Gasteiger partial charge in [-0.25, -0.2) is 4.79 Å². The summed E-state index contributed by atoms with van der Waals surface area (Å²) in [6.45, 7) is 17.4. The Kier molecular flexibility index (Phi) is 17.6. The minimum Gasteiger partial charge on any atom is -0.469 e. The summed E-state index contributed by atoms with van der Waals surface area (Å²) in [5.41, 5.74) is -0.520. The number of esters is 1. The van der Waals surface area contributed by atoms with E-state index in [0.29, 0.717) is 6.42 Å². The molecule has 1 aliphatic carbocycles. The van der Waals surface area contributed by atoms with Crippen LogP contribution in [0.2, 0.25) is 0 Å². The molecule has 0 radical (unpaired) electrons. The molecule has 1 amide bonds. The maximum atomic E-state index is 11.5. The molecule has 1 aliphatic rings. The Labute approximate surface area is 142 Å². The van der Waals surface area contributed by atoms with Crippen molar-refractivity contribution in [3.63, 3.8) is 0 Å². The zero-order valence-corrected chi connectivity index (χ0v) is 16.6. The molecule has 0 fully saturated rings. The Balaban J connectivity index is -0.000000595. The molecule has 1 rings (SSSR count). The Bertz CT molecular complexity index is 332. The first-order valence-electron chi connectivity index (χ1n) is 8.57. The van der Waals surface area contributed by atoms with E-state index in [1.54, 1.807) is 32.9 Å². The third-order valence-electron chi connectivity index (χ3n) is 2.29. The third kappa shape index (κ3) is 13.8. The molecule has 0 bridgehead atoms.